The first-order chi connectivity index (χ1) is 4.70. The molecule has 2 heteroatoms. The fraction of sp³-hybridized carbons (Fsp3) is 0.125. The third-order valence-electron chi connectivity index (χ3n) is 1.26. The molecule has 0 aromatic heterocycles. The van der Waals surface area contributed by atoms with Gasteiger partial charge < -0.3 is 5.11 Å². The van der Waals surface area contributed by atoms with Crippen molar-refractivity contribution < 1.29 is 9.50 Å². The van der Waals surface area contributed by atoms with Gasteiger partial charge in [-0.05, 0) is 24.6 Å². The Bertz CT molecular complexity index is 203. The van der Waals surface area contributed by atoms with E-state index >= 15 is 0 Å². The summed E-state index contributed by atoms with van der Waals surface area (Å²) in [7, 11) is 0. The Morgan fingerprint density at radius 2 is 1.80 bits per heavy atom. The van der Waals surface area contributed by atoms with Crippen molar-refractivity contribution in [2.75, 3.05) is 0 Å². The smallest absolute Gasteiger partial charge is 0.123 e. The van der Waals surface area contributed by atoms with Crippen molar-refractivity contribution in [1.29, 1.82) is 0 Å². The van der Waals surface area contributed by atoms with E-state index in [0.717, 1.165) is 0 Å². The van der Waals surface area contributed by atoms with E-state index in [2.05, 4.69) is 0 Å². The molecular weight excluding hydrogens is 131 g/mol. The standard InChI is InChI=1S/C8H8FO/c1-6(10)7-2-4-8(9)5-3-7/h2-5,10H,1H3. The average Bonchev–Trinajstić information content (AvgIpc) is 1.88. The predicted molar refractivity (Wildman–Crippen MR) is 36.4 cm³/mol. The van der Waals surface area contributed by atoms with Gasteiger partial charge in [-0.3, -0.25) is 0 Å². The minimum atomic E-state index is -0.287. The normalized spacial score (nSPS) is 10.4. The minimum absolute atomic E-state index is 0.208. The maximum absolute atomic E-state index is 12.3. The summed E-state index contributed by atoms with van der Waals surface area (Å²) in [4.78, 5) is 0. The van der Waals surface area contributed by atoms with Gasteiger partial charge in [-0.2, -0.15) is 0 Å². The molecule has 1 aromatic carbocycles. The van der Waals surface area contributed by atoms with E-state index in [1.165, 1.54) is 24.3 Å². The summed E-state index contributed by atoms with van der Waals surface area (Å²) < 4.78 is 12.3. The second-order valence-corrected chi connectivity index (χ2v) is 2.09. The van der Waals surface area contributed by atoms with E-state index in [4.69, 9.17) is 5.11 Å². The Labute approximate surface area is 59.1 Å². The molecule has 53 valence electrons. The van der Waals surface area contributed by atoms with Gasteiger partial charge in [-0.1, -0.05) is 12.1 Å². The van der Waals surface area contributed by atoms with Crippen LogP contribution < -0.4 is 0 Å². The van der Waals surface area contributed by atoms with Crippen LogP contribution in [0, 0.1) is 11.9 Å². The molecule has 0 spiro atoms. The summed E-state index contributed by atoms with van der Waals surface area (Å²) in [6, 6.07) is 5.69. The maximum atomic E-state index is 12.3. The Hall–Kier alpha value is -0.890. The van der Waals surface area contributed by atoms with Gasteiger partial charge in [0, 0.05) is 0 Å². The van der Waals surface area contributed by atoms with Crippen molar-refractivity contribution in [2.24, 2.45) is 0 Å². The van der Waals surface area contributed by atoms with E-state index in [1.807, 2.05) is 0 Å². The molecule has 0 aliphatic heterocycles. The molecule has 0 unspecified atom stereocenters. The Morgan fingerprint density at radius 1 is 1.30 bits per heavy atom. The van der Waals surface area contributed by atoms with Crippen molar-refractivity contribution in [3.05, 3.63) is 41.8 Å². The molecule has 0 saturated heterocycles. The molecule has 0 saturated carbocycles. The summed E-state index contributed by atoms with van der Waals surface area (Å²) in [6.45, 7) is 1.56. The maximum Gasteiger partial charge on any atom is 0.123 e. The molecule has 0 amide bonds. The van der Waals surface area contributed by atoms with E-state index in [0.29, 0.717) is 5.56 Å². The molecule has 0 heterocycles. The molecule has 10 heavy (non-hydrogen) atoms. The van der Waals surface area contributed by atoms with Crippen molar-refractivity contribution >= 4 is 0 Å². The largest absolute Gasteiger partial charge is 0.382 e. The van der Waals surface area contributed by atoms with E-state index in [1.54, 1.807) is 6.92 Å². The second kappa shape index (κ2) is 2.80. The molecule has 0 bridgehead atoms. The highest BCUT2D eigenvalue weighted by Crippen LogP contribution is 2.10. The number of hydrogen-bond donors (Lipinski definition) is 1. The van der Waals surface area contributed by atoms with Crippen LogP contribution in [-0.4, -0.2) is 5.11 Å². The molecule has 1 N–H and O–H groups in total. The second-order valence-electron chi connectivity index (χ2n) is 2.09. The zero-order chi connectivity index (χ0) is 7.56. The monoisotopic (exact) mass is 139 g/mol. The summed E-state index contributed by atoms with van der Waals surface area (Å²) in [5.74, 6) is -0.287. The number of halogens is 1. The highest BCUT2D eigenvalue weighted by molar-refractivity contribution is 5.25. The topological polar surface area (TPSA) is 20.2 Å². The van der Waals surface area contributed by atoms with Crippen molar-refractivity contribution in [3.63, 3.8) is 0 Å². The van der Waals surface area contributed by atoms with Crippen LogP contribution in [-0.2, 0) is 0 Å². The molecular formula is C8H8FO. The van der Waals surface area contributed by atoms with Crippen LogP contribution in [0.4, 0.5) is 4.39 Å². The summed E-state index contributed by atoms with van der Waals surface area (Å²) >= 11 is 0. The SMILES string of the molecule is C[C](O)c1ccc(F)cc1. The molecule has 0 fully saturated rings. The third kappa shape index (κ3) is 1.54. The molecule has 0 aliphatic rings. The number of rotatable bonds is 1. The van der Waals surface area contributed by atoms with Crippen molar-refractivity contribution in [2.45, 2.75) is 6.92 Å². The first kappa shape index (κ1) is 7.22. The Balaban J connectivity index is 2.89. The van der Waals surface area contributed by atoms with E-state index in [9.17, 15) is 4.39 Å². The van der Waals surface area contributed by atoms with Crippen LogP contribution in [0.1, 0.15) is 12.5 Å². The quantitative estimate of drug-likeness (QED) is 0.631. The molecule has 0 atom stereocenters. The highest BCUT2D eigenvalue weighted by atomic mass is 19.1. The molecule has 1 aromatic rings. The first-order valence-electron chi connectivity index (χ1n) is 2.98. The van der Waals surface area contributed by atoms with Crippen LogP contribution in [0.15, 0.2) is 24.3 Å². The lowest BCUT2D eigenvalue weighted by Gasteiger charge is -2.00. The van der Waals surface area contributed by atoms with Gasteiger partial charge >= 0.3 is 0 Å². The lowest BCUT2D eigenvalue weighted by Crippen LogP contribution is -1.90. The van der Waals surface area contributed by atoms with Gasteiger partial charge in [-0.15, -0.1) is 0 Å². The van der Waals surface area contributed by atoms with Gasteiger partial charge in [0.2, 0.25) is 0 Å². The molecule has 0 aliphatic carbocycles. The van der Waals surface area contributed by atoms with Crippen LogP contribution >= 0.6 is 0 Å². The number of aliphatic hydroxyl groups is 1. The lowest BCUT2D eigenvalue weighted by molar-refractivity contribution is 0.341. The van der Waals surface area contributed by atoms with Gasteiger partial charge in [0.1, 0.15) is 11.9 Å². The lowest BCUT2D eigenvalue weighted by atomic mass is 10.1. The summed E-state index contributed by atoms with van der Waals surface area (Å²) in [5, 5.41) is 8.91. The summed E-state index contributed by atoms with van der Waals surface area (Å²) in [5.41, 5.74) is 0.654. The van der Waals surface area contributed by atoms with E-state index in [-0.39, 0.29) is 11.9 Å². The van der Waals surface area contributed by atoms with Gasteiger partial charge in [-0.25, -0.2) is 4.39 Å². The van der Waals surface area contributed by atoms with Crippen molar-refractivity contribution in [3.8, 4) is 0 Å². The molecule has 1 rings (SSSR count). The Morgan fingerprint density at radius 3 is 2.20 bits per heavy atom. The van der Waals surface area contributed by atoms with Gasteiger partial charge in [0.15, 0.2) is 0 Å². The van der Waals surface area contributed by atoms with Gasteiger partial charge in [0.05, 0.1) is 0 Å². The van der Waals surface area contributed by atoms with Gasteiger partial charge in [0.25, 0.3) is 0 Å². The highest BCUT2D eigenvalue weighted by Gasteiger charge is 1.99. The number of hydrogen-bond acceptors (Lipinski definition) is 1. The van der Waals surface area contributed by atoms with Crippen molar-refractivity contribution in [1.82, 2.24) is 0 Å². The van der Waals surface area contributed by atoms with Crippen LogP contribution in [0.3, 0.4) is 0 Å². The molecule has 1 radical (unpaired) electrons. The van der Waals surface area contributed by atoms with Crippen LogP contribution in [0.5, 0.6) is 0 Å². The number of benzene rings is 1. The Kier molecular flexibility index (Phi) is 2.02. The average molecular weight is 139 g/mol. The zero-order valence-corrected chi connectivity index (χ0v) is 5.63. The third-order valence-corrected chi connectivity index (χ3v) is 1.26. The number of aliphatic hydroxyl groups excluding tert-OH is 1. The minimum Gasteiger partial charge on any atom is -0.382 e. The fourth-order valence-electron chi connectivity index (χ4n) is 0.691. The zero-order valence-electron chi connectivity index (χ0n) is 5.63. The van der Waals surface area contributed by atoms with Crippen LogP contribution in [0.25, 0.3) is 0 Å². The van der Waals surface area contributed by atoms with Crippen LogP contribution in [0.2, 0.25) is 0 Å². The van der Waals surface area contributed by atoms with E-state index < -0.39 is 0 Å². The summed E-state index contributed by atoms with van der Waals surface area (Å²) in [6.07, 6.45) is 0.208. The predicted octanol–water partition coefficient (Wildman–Crippen LogP) is 2.10. The fourth-order valence-corrected chi connectivity index (χ4v) is 0.691. The molecule has 1 nitrogen and oxygen atoms in total. The first-order valence-corrected chi connectivity index (χ1v) is 2.98.